The molecule has 7 nitrogen and oxygen atoms in total. The van der Waals surface area contributed by atoms with Gasteiger partial charge in [-0.05, 0) is 61.0 Å². The van der Waals surface area contributed by atoms with E-state index in [1.807, 2.05) is 0 Å². The van der Waals surface area contributed by atoms with Crippen molar-refractivity contribution in [3.05, 3.63) is 70.4 Å². The molecule has 4 amide bonds. The Kier molecular flexibility index (Phi) is 6.36. The van der Waals surface area contributed by atoms with Crippen molar-refractivity contribution in [1.29, 1.82) is 0 Å². The second kappa shape index (κ2) is 9.35. The summed E-state index contributed by atoms with van der Waals surface area (Å²) in [5, 5.41) is 5.00. The van der Waals surface area contributed by atoms with E-state index in [4.69, 9.17) is 0 Å². The first kappa shape index (κ1) is 21.8. The number of carbonyl (C=O) groups is 4. The molecule has 2 fully saturated rings. The maximum atomic E-state index is 13.8. The number of thioether (sulfide) groups is 1. The van der Waals surface area contributed by atoms with Crippen molar-refractivity contribution < 1.29 is 23.6 Å². The van der Waals surface area contributed by atoms with E-state index in [1.165, 1.54) is 18.2 Å². The molecule has 1 saturated heterocycles. The van der Waals surface area contributed by atoms with Gasteiger partial charge in [-0.15, -0.1) is 0 Å². The summed E-state index contributed by atoms with van der Waals surface area (Å²) in [5.41, 5.74) is 1.24. The summed E-state index contributed by atoms with van der Waals surface area (Å²) in [5.74, 6) is -1.28. The van der Waals surface area contributed by atoms with E-state index < -0.39 is 17.0 Å². The Morgan fingerprint density at radius 1 is 1.09 bits per heavy atom. The third kappa shape index (κ3) is 5.05. The molecule has 164 valence electrons. The van der Waals surface area contributed by atoms with E-state index in [0.29, 0.717) is 11.3 Å². The normalized spacial score (nSPS) is 17.0. The minimum atomic E-state index is -0.520. The molecule has 1 aliphatic carbocycles. The van der Waals surface area contributed by atoms with Crippen LogP contribution in [0.5, 0.6) is 0 Å². The zero-order valence-electron chi connectivity index (χ0n) is 17.0. The van der Waals surface area contributed by atoms with Gasteiger partial charge in [0.15, 0.2) is 0 Å². The van der Waals surface area contributed by atoms with Gasteiger partial charge in [-0.1, -0.05) is 18.2 Å². The number of rotatable bonds is 7. The predicted molar refractivity (Wildman–Crippen MR) is 119 cm³/mol. The predicted octanol–water partition coefficient (Wildman–Crippen LogP) is 3.64. The average molecular weight is 453 g/mol. The van der Waals surface area contributed by atoms with Gasteiger partial charge >= 0.3 is 0 Å². The third-order valence-electron chi connectivity index (χ3n) is 5.05. The van der Waals surface area contributed by atoms with Crippen LogP contribution in [0.4, 0.5) is 14.9 Å². The number of amides is 4. The van der Waals surface area contributed by atoms with Gasteiger partial charge in [-0.3, -0.25) is 24.1 Å². The quantitative estimate of drug-likeness (QED) is 0.624. The van der Waals surface area contributed by atoms with Gasteiger partial charge in [0.1, 0.15) is 5.82 Å². The third-order valence-corrected chi connectivity index (χ3v) is 5.96. The molecule has 2 aromatic carbocycles. The van der Waals surface area contributed by atoms with Gasteiger partial charge in [0.2, 0.25) is 5.91 Å². The lowest BCUT2D eigenvalue weighted by Crippen LogP contribution is -2.37. The molecule has 4 rings (SSSR count). The smallest absolute Gasteiger partial charge is 0.293 e. The van der Waals surface area contributed by atoms with Crippen LogP contribution < -0.4 is 10.6 Å². The van der Waals surface area contributed by atoms with Crippen molar-refractivity contribution in [3.8, 4) is 0 Å². The van der Waals surface area contributed by atoms with Crippen molar-refractivity contribution in [1.82, 2.24) is 10.2 Å². The summed E-state index contributed by atoms with van der Waals surface area (Å²) in [6.07, 6.45) is 3.17. The Morgan fingerprint density at radius 3 is 2.50 bits per heavy atom. The largest absolute Gasteiger partial charge is 0.350 e. The zero-order chi connectivity index (χ0) is 22.7. The van der Waals surface area contributed by atoms with Gasteiger partial charge in [0.05, 0.1) is 4.91 Å². The van der Waals surface area contributed by atoms with E-state index in [9.17, 15) is 23.6 Å². The minimum absolute atomic E-state index is 0.000544. The fourth-order valence-corrected chi connectivity index (χ4v) is 3.96. The number of nitrogens with zero attached hydrogens (tertiary/aromatic N) is 1. The Balaban J connectivity index is 1.29. The van der Waals surface area contributed by atoms with Crippen molar-refractivity contribution in [2.45, 2.75) is 12.8 Å². The van der Waals surface area contributed by atoms with Crippen LogP contribution in [0.1, 0.15) is 28.8 Å². The number of carbonyl (C=O) groups excluding carboxylic acids is 4. The molecule has 2 aromatic rings. The summed E-state index contributed by atoms with van der Waals surface area (Å²) in [6.45, 7) is 0.0740. The van der Waals surface area contributed by atoms with Gasteiger partial charge in [-0.2, -0.15) is 0 Å². The van der Waals surface area contributed by atoms with Crippen LogP contribution in [0.15, 0.2) is 53.4 Å². The summed E-state index contributed by atoms with van der Waals surface area (Å²) in [4.78, 5) is 50.0. The van der Waals surface area contributed by atoms with E-state index in [0.717, 1.165) is 29.5 Å². The van der Waals surface area contributed by atoms with Gasteiger partial charge in [0.25, 0.3) is 17.1 Å². The van der Waals surface area contributed by atoms with Crippen molar-refractivity contribution in [2.24, 2.45) is 5.92 Å². The molecule has 1 heterocycles. The lowest BCUT2D eigenvalue weighted by molar-refractivity contribution is -0.122. The van der Waals surface area contributed by atoms with Crippen molar-refractivity contribution in [2.75, 3.05) is 18.4 Å². The van der Waals surface area contributed by atoms with Crippen LogP contribution in [0.25, 0.3) is 6.08 Å². The highest BCUT2D eigenvalue weighted by Gasteiger charge is 2.35. The minimum Gasteiger partial charge on any atom is -0.350 e. The maximum Gasteiger partial charge on any atom is 0.293 e. The fraction of sp³-hybridized carbons (Fsp3) is 0.217. The molecule has 2 aliphatic rings. The molecule has 1 saturated carbocycles. The van der Waals surface area contributed by atoms with E-state index in [2.05, 4.69) is 10.6 Å². The number of halogens is 1. The molecular formula is C23H20FN3O4S. The van der Waals surface area contributed by atoms with E-state index >= 15 is 0 Å². The van der Waals surface area contributed by atoms with Gasteiger partial charge in [-0.25, -0.2) is 4.39 Å². The lowest BCUT2D eigenvalue weighted by Gasteiger charge is -2.13. The highest BCUT2D eigenvalue weighted by atomic mass is 32.2. The summed E-state index contributed by atoms with van der Waals surface area (Å²) >= 11 is 0.738. The summed E-state index contributed by atoms with van der Waals surface area (Å²) in [7, 11) is 0. The van der Waals surface area contributed by atoms with Crippen LogP contribution in [0.2, 0.25) is 0 Å². The highest BCUT2D eigenvalue weighted by Crippen LogP contribution is 2.32. The molecule has 0 spiro atoms. The Morgan fingerprint density at radius 2 is 1.81 bits per heavy atom. The molecule has 0 unspecified atom stereocenters. The van der Waals surface area contributed by atoms with Crippen LogP contribution in [-0.2, 0) is 9.59 Å². The molecule has 32 heavy (non-hydrogen) atoms. The standard InChI is InChI=1S/C23H20FN3O4S/c24-18-4-2-1-3-16(18)13-19-22(30)27(23(31)32-19)12-11-25-20(28)14-7-9-17(10-8-14)26-21(29)15-5-6-15/h1-4,7-10,13,15H,5-6,11-12H2,(H,25,28)(H,26,29)/b19-13-. The lowest BCUT2D eigenvalue weighted by atomic mass is 10.2. The molecule has 0 atom stereocenters. The second-order valence-electron chi connectivity index (χ2n) is 7.45. The summed E-state index contributed by atoms with van der Waals surface area (Å²) in [6, 6.07) is 12.5. The molecule has 1 aliphatic heterocycles. The van der Waals surface area contributed by atoms with E-state index in [1.54, 1.807) is 36.4 Å². The molecule has 0 bridgehead atoms. The Hall–Kier alpha value is -3.46. The SMILES string of the molecule is O=C(NCCN1C(=O)S/C(=C\c2ccccc2F)C1=O)c1ccc(NC(=O)C2CC2)cc1. The van der Waals surface area contributed by atoms with Crippen LogP contribution in [0.3, 0.4) is 0 Å². The van der Waals surface area contributed by atoms with E-state index in [-0.39, 0.29) is 41.3 Å². The first-order valence-corrected chi connectivity index (χ1v) is 10.9. The Labute approximate surface area is 188 Å². The van der Waals surface area contributed by atoms with Crippen molar-refractivity contribution in [3.63, 3.8) is 0 Å². The van der Waals surface area contributed by atoms with Gasteiger partial charge in [0, 0.05) is 35.8 Å². The monoisotopic (exact) mass is 453 g/mol. The molecule has 9 heteroatoms. The zero-order valence-corrected chi connectivity index (χ0v) is 17.8. The Bertz CT molecular complexity index is 1110. The highest BCUT2D eigenvalue weighted by molar-refractivity contribution is 8.18. The molecule has 0 radical (unpaired) electrons. The average Bonchev–Trinajstić information content (AvgIpc) is 3.59. The number of imide groups is 1. The van der Waals surface area contributed by atoms with Crippen LogP contribution in [-0.4, -0.2) is 41.0 Å². The number of nitrogens with one attached hydrogen (secondary N) is 2. The van der Waals surface area contributed by atoms with Gasteiger partial charge < -0.3 is 10.6 Å². The first-order chi connectivity index (χ1) is 15.4. The number of benzene rings is 2. The van der Waals surface area contributed by atoms with Crippen LogP contribution >= 0.6 is 11.8 Å². The second-order valence-corrected chi connectivity index (χ2v) is 8.44. The van der Waals surface area contributed by atoms with Crippen LogP contribution in [0, 0.1) is 11.7 Å². The fourth-order valence-electron chi connectivity index (χ4n) is 3.10. The van der Waals surface area contributed by atoms with Crippen molar-refractivity contribution >= 4 is 46.5 Å². The summed E-state index contributed by atoms with van der Waals surface area (Å²) < 4.78 is 13.8. The number of anilines is 1. The first-order valence-electron chi connectivity index (χ1n) is 10.1. The topological polar surface area (TPSA) is 95.6 Å². The number of hydrogen-bond acceptors (Lipinski definition) is 5. The molecule has 0 aromatic heterocycles. The molecular weight excluding hydrogens is 433 g/mol. The molecule has 2 N–H and O–H groups in total. The maximum absolute atomic E-state index is 13.8. The number of hydrogen-bond donors (Lipinski definition) is 2.